The fourth-order valence-corrected chi connectivity index (χ4v) is 3.93. The normalized spacial score (nSPS) is 23.0. The highest BCUT2D eigenvalue weighted by molar-refractivity contribution is 6.36. The van der Waals surface area contributed by atoms with Gasteiger partial charge in [-0.05, 0) is 25.3 Å². The van der Waals surface area contributed by atoms with Gasteiger partial charge in [-0.3, -0.25) is 14.4 Å². The minimum atomic E-state index is -0.934. The van der Waals surface area contributed by atoms with Crippen molar-refractivity contribution >= 4 is 17.6 Å². The molecule has 0 aliphatic carbocycles. The Morgan fingerprint density at radius 1 is 1.19 bits per heavy atom. The van der Waals surface area contributed by atoms with E-state index >= 15 is 0 Å². The number of piperidine rings is 1. The van der Waals surface area contributed by atoms with E-state index in [1.165, 1.54) is 21.9 Å². The van der Waals surface area contributed by atoms with Crippen molar-refractivity contribution in [2.45, 2.75) is 39.2 Å². The van der Waals surface area contributed by atoms with E-state index in [0.717, 1.165) is 12.5 Å². The third-order valence-electron chi connectivity index (χ3n) is 5.42. The van der Waals surface area contributed by atoms with Crippen molar-refractivity contribution in [2.75, 3.05) is 19.6 Å². The number of Topliss-reactive ketones (excluding diaryl/α,β-unsaturated/α-hetero) is 1. The van der Waals surface area contributed by atoms with E-state index in [1.54, 1.807) is 6.92 Å². The molecule has 2 aliphatic heterocycles. The molecule has 0 bridgehead atoms. The second-order valence-corrected chi connectivity index (χ2v) is 7.08. The lowest BCUT2D eigenvalue weighted by Gasteiger charge is -2.39. The Bertz CT molecular complexity index is 752. The molecule has 1 aromatic carbocycles. The van der Waals surface area contributed by atoms with Gasteiger partial charge in [0.25, 0.3) is 5.91 Å². The molecule has 7 heteroatoms. The lowest BCUT2D eigenvalue weighted by molar-refractivity contribution is -0.148. The Morgan fingerprint density at radius 3 is 2.69 bits per heavy atom. The Balaban J connectivity index is 1.75. The Hall–Kier alpha value is -2.31. The van der Waals surface area contributed by atoms with Gasteiger partial charge < -0.3 is 9.80 Å². The SMILES string of the molecule is CCC(=O)C(=O)N1CC[C@]2(CCCN(Cc3cccc(F)c3F)C2=O)C1. The Kier molecular flexibility index (Phi) is 5.07. The van der Waals surface area contributed by atoms with Crippen LogP contribution in [0.1, 0.15) is 38.2 Å². The van der Waals surface area contributed by atoms with Gasteiger partial charge >= 0.3 is 0 Å². The van der Waals surface area contributed by atoms with Crippen LogP contribution in [0.15, 0.2) is 18.2 Å². The van der Waals surface area contributed by atoms with Crippen molar-refractivity contribution in [3.8, 4) is 0 Å². The smallest absolute Gasteiger partial charge is 0.289 e. The first-order valence-electron chi connectivity index (χ1n) is 8.92. The number of likely N-dealkylation sites (tertiary alicyclic amines) is 2. The first-order valence-corrected chi connectivity index (χ1v) is 8.92. The van der Waals surface area contributed by atoms with Crippen LogP contribution in [0.2, 0.25) is 0 Å². The van der Waals surface area contributed by atoms with Gasteiger partial charge in [-0.25, -0.2) is 8.78 Å². The molecular weight excluding hydrogens is 342 g/mol. The van der Waals surface area contributed by atoms with E-state index in [2.05, 4.69) is 0 Å². The maximum atomic E-state index is 13.9. The summed E-state index contributed by atoms with van der Waals surface area (Å²) in [4.78, 5) is 39.8. The number of hydrogen-bond acceptors (Lipinski definition) is 3. The summed E-state index contributed by atoms with van der Waals surface area (Å²) >= 11 is 0. The van der Waals surface area contributed by atoms with Crippen molar-refractivity contribution in [2.24, 2.45) is 5.41 Å². The summed E-state index contributed by atoms with van der Waals surface area (Å²) in [7, 11) is 0. The van der Waals surface area contributed by atoms with E-state index in [9.17, 15) is 23.2 Å². The summed E-state index contributed by atoms with van der Waals surface area (Å²) in [6.07, 6.45) is 2.00. The largest absolute Gasteiger partial charge is 0.338 e. The number of benzene rings is 1. The van der Waals surface area contributed by atoms with Crippen molar-refractivity contribution in [1.29, 1.82) is 0 Å². The second kappa shape index (κ2) is 7.13. The molecule has 2 heterocycles. The quantitative estimate of drug-likeness (QED) is 0.771. The van der Waals surface area contributed by atoms with E-state index in [4.69, 9.17) is 0 Å². The van der Waals surface area contributed by atoms with Crippen LogP contribution in [0.3, 0.4) is 0 Å². The van der Waals surface area contributed by atoms with Crippen LogP contribution in [0.25, 0.3) is 0 Å². The predicted molar refractivity (Wildman–Crippen MR) is 89.9 cm³/mol. The lowest BCUT2D eigenvalue weighted by atomic mass is 9.78. The fraction of sp³-hybridized carbons (Fsp3) is 0.526. The number of hydrogen-bond donors (Lipinski definition) is 0. The molecular formula is C19H22F2N2O3. The van der Waals surface area contributed by atoms with Crippen LogP contribution in [-0.2, 0) is 20.9 Å². The Labute approximate surface area is 150 Å². The van der Waals surface area contributed by atoms with Gasteiger partial charge in [-0.15, -0.1) is 0 Å². The minimum Gasteiger partial charge on any atom is -0.338 e. The monoisotopic (exact) mass is 364 g/mol. The summed E-state index contributed by atoms with van der Waals surface area (Å²) in [5.41, 5.74) is -0.575. The summed E-state index contributed by atoms with van der Waals surface area (Å²) in [6.45, 7) is 2.70. The molecule has 2 saturated heterocycles. The van der Waals surface area contributed by atoms with Gasteiger partial charge in [0.2, 0.25) is 11.7 Å². The molecule has 0 radical (unpaired) electrons. The van der Waals surface area contributed by atoms with Crippen LogP contribution in [0.4, 0.5) is 8.78 Å². The highest BCUT2D eigenvalue weighted by Gasteiger charge is 2.49. The Morgan fingerprint density at radius 2 is 1.96 bits per heavy atom. The maximum absolute atomic E-state index is 13.9. The van der Waals surface area contributed by atoms with Gasteiger partial charge in [0.1, 0.15) is 0 Å². The second-order valence-electron chi connectivity index (χ2n) is 7.08. The molecule has 0 aromatic heterocycles. The lowest BCUT2D eigenvalue weighted by Crippen LogP contribution is -2.50. The van der Waals surface area contributed by atoms with Crippen molar-refractivity contribution in [1.82, 2.24) is 9.80 Å². The molecule has 5 nitrogen and oxygen atoms in total. The zero-order chi connectivity index (χ0) is 18.9. The number of nitrogens with zero attached hydrogens (tertiary/aromatic N) is 2. The van der Waals surface area contributed by atoms with Crippen LogP contribution < -0.4 is 0 Å². The van der Waals surface area contributed by atoms with Crippen LogP contribution >= 0.6 is 0 Å². The first kappa shape index (κ1) is 18.5. The van der Waals surface area contributed by atoms with Gasteiger partial charge in [-0.2, -0.15) is 0 Å². The fourth-order valence-electron chi connectivity index (χ4n) is 3.93. The van der Waals surface area contributed by atoms with Gasteiger partial charge in [0.05, 0.1) is 5.41 Å². The van der Waals surface area contributed by atoms with Crippen LogP contribution in [0, 0.1) is 17.0 Å². The summed E-state index contributed by atoms with van der Waals surface area (Å²) in [5, 5.41) is 0. The molecule has 0 unspecified atom stereocenters. The zero-order valence-corrected chi connectivity index (χ0v) is 14.8. The molecule has 1 aromatic rings. The molecule has 2 amide bonds. The van der Waals surface area contributed by atoms with Gasteiger partial charge in [0, 0.05) is 38.2 Å². The van der Waals surface area contributed by atoms with Crippen molar-refractivity contribution in [3.63, 3.8) is 0 Å². The molecule has 0 N–H and O–H groups in total. The van der Waals surface area contributed by atoms with E-state index in [0.29, 0.717) is 25.9 Å². The molecule has 1 atom stereocenters. The van der Waals surface area contributed by atoms with Crippen molar-refractivity contribution in [3.05, 3.63) is 35.4 Å². The van der Waals surface area contributed by atoms with E-state index in [1.807, 2.05) is 0 Å². The highest BCUT2D eigenvalue weighted by atomic mass is 19.2. The topological polar surface area (TPSA) is 57.7 Å². The van der Waals surface area contributed by atoms with Gasteiger partial charge in [-0.1, -0.05) is 19.1 Å². The third-order valence-corrected chi connectivity index (χ3v) is 5.42. The van der Waals surface area contributed by atoms with Crippen LogP contribution in [0.5, 0.6) is 0 Å². The predicted octanol–water partition coefficient (Wildman–Crippen LogP) is 2.29. The number of halogens is 2. The number of amides is 2. The number of carbonyl (C=O) groups is 3. The van der Waals surface area contributed by atoms with Crippen LogP contribution in [-0.4, -0.2) is 47.0 Å². The highest BCUT2D eigenvalue weighted by Crippen LogP contribution is 2.40. The average molecular weight is 364 g/mol. The minimum absolute atomic E-state index is 0.00597. The molecule has 1 spiro atoms. The summed E-state index contributed by atoms with van der Waals surface area (Å²) in [6, 6.07) is 3.94. The average Bonchev–Trinajstić information content (AvgIpc) is 3.06. The van der Waals surface area contributed by atoms with E-state index in [-0.39, 0.29) is 31.0 Å². The molecule has 3 rings (SSSR count). The summed E-state index contributed by atoms with van der Waals surface area (Å²) in [5.74, 6) is -3.00. The maximum Gasteiger partial charge on any atom is 0.289 e. The first-order chi connectivity index (χ1) is 12.4. The van der Waals surface area contributed by atoms with E-state index < -0.39 is 28.7 Å². The summed E-state index contributed by atoms with van der Waals surface area (Å²) < 4.78 is 27.4. The number of rotatable bonds is 4. The molecule has 26 heavy (non-hydrogen) atoms. The third kappa shape index (κ3) is 3.22. The number of ketones is 1. The molecule has 140 valence electrons. The van der Waals surface area contributed by atoms with Crippen molar-refractivity contribution < 1.29 is 23.2 Å². The molecule has 0 saturated carbocycles. The molecule has 2 aliphatic rings. The van der Waals surface area contributed by atoms with Gasteiger partial charge in [0.15, 0.2) is 11.6 Å². The molecule has 2 fully saturated rings. The standard InChI is InChI=1S/C19H22F2N2O3/c1-2-15(24)17(25)23-10-8-19(12-23)7-4-9-22(18(19)26)11-13-5-3-6-14(20)16(13)21/h3,5-6H,2,4,7-12H2,1H3/t19-/m1/s1. The zero-order valence-electron chi connectivity index (χ0n) is 14.8. The number of carbonyl (C=O) groups excluding carboxylic acids is 3.